The predicted octanol–water partition coefficient (Wildman–Crippen LogP) is 2.16. The Balaban J connectivity index is 1.90. The van der Waals surface area contributed by atoms with Crippen LogP contribution in [0.25, 0.3) is 15.6 Å². The minimum atomic E-state index is -0.699. The first-order chi connectivity index (χ1) is 11.1. The molecule has 2 heterocycles. The number of benzene rings is 2. The van der Waals surface area contributed by atoms with Gasteiger partial charge in [0.2, 0.25) is 11.8 Å². The zero-order valence-electron chi connectivity index (χ0n) is 12.0. The van der Waals surface area contributed by atoms with Crippen LogP contribution in [0.3, 0.4) is 0 Å². The Morgan fingerprint density at radius 1 is 1.17 bits per heavy atom. The van der Waals surface area contributed by atoms with Crippen LogP contribution in [0.15, 0.2) is 30.3 Å². The highest BCUT2D eigenvalue weighted by atomic mass is 16.2. The Bertz CT molecular complexity index is 942. The van der Waals surface area contributed by atoms with E-state index in [1.54, 1.807) is 30.3 Å². The lowest BCUT2D eigenvalue weighted by Gasteiger charge is -2.30. The molecule has 1 N–H and O–H groups in total. The third-order valence-electron chi connectivity index (χ3n) is 4.35. The van der Waals surface area contributed by atoms with Crippen LogP contribution >= 0.6 is 0 Å². The molecule has 3 amide bonds. The number of nitrogens with zero attached hydrogens (tertiary/aromatic N) is 2. The van der Waals surface area contributed by atoms with Gasteiger partial charge in [-0.1, -0.05) is 24.3 Å². The summed E-state index contributed by atoms with van der Waals surface area (Å²) in [5.41, 5.74) is 1.60. The zero-order valence-corrected chi connectivity index (χ0v) is 12.0. The number of hydrogen-bond acceptors (Lipinski definition) is 3. The lowest BCUT2D eigenvalue weighted by atomic mass is 10.0. The molecule has 2 aromatic rings. The molecule has 4 rings (SSSR count). The Morgan fingerprint density at radius 3 is 2.74 bits per heavy atom. The molecule has 6 nitrogen and oxygen atoms in total. The summed E-state index contributed by atoms with van der Waals surface area (Å²) in [4.78, 5) is 41.2. The average Bonchev–Trinajstić information content (AvgIpc) is 2.83. The standard InChI is InChI=1S/C17H11N3O3/c1-18-11-6-5-10-15-9(11)3-2-4-12(15)20(17(10)23)13-7-8-14(21)19-16(13)22/h2-6,13H,7-8H2,(H,19,21,22). The summed E-state index contributed by atoms with van der Waals surface area (Å²) in [5, 5.41) is 3.70. The van der Waals surface area contributed by atoms with Gasteiger partial charge in [0, 0.05) is 17.4 Å². The van der Waals surface area contributed by atoms with Crippen molar-refractivity contribution in [3.63, 3.8) is 0 Å². The van der Waals surface area contributed by atoms with Crippen molar-refractivity contribution in [3.05, 3.63) is 47.3 Å². The monoisotopic (exact) mass is 305 g/mol. The fraction of sp³-hybridized carbons (Fsp3) is 0.176. The number of nitrogens with one attached hydrogen (secondary N) is 1. The lowest BCUT2D eigenvalue weighted by molar-refractivity contribution is -0.134. The summed E-state index contributed by atoms with van der Waals surface area (Å²) in [7, 11) is 0. The third-order valence-corrected chi connectivity index (χ3v) is 4.35. The predicted molar refractivity (Wildman–Crippen MR) is 83.2 cm³/mol. The van der Waals surface area contributed by atoms with Crippen molar-refractivity contribution in [1.29, 1.82) is 0 Å². The van der Waals surface area contributed by atoms with Crippen molar-refractivity contribution in [1.82, 2.24) is 5.32 Å². The van der Waals surface area contributed by atoms with E-state index in [1.807, 2.05) is 0 Å². The largest absolute Gasteiger partial charge is 0.295 e. The van der Waals surface area contributed by atoms with E-state index in [4.69, 9.17) is 6.57 Å². The number of rotatable bonds is 1. The molecule has 0 aliphatic carbocycles. The third kappa shape index (κ3) is 1.77. The first-order valence-electron chi connectivity index (χ1n) is 7.22. The minimum Gasteiger partial charge on any atom is -0.295 e. The first-order valence-corrected chi connectivity index (χ1v) is 7.22. The van der Waals surface area contributed by atoms with E-state index in [0.717, 1.165) is 0 Å². The van der Waals surface area contributed by atoms with Crippen molar-refractivity contribution in [2.45, 2.75) is 18.9 Å². The smallest absolute Gasteiger partial charge is 0.259 e. The molecule has 2 aliphatic rings. The van der Waals surface area contributed by atoms with Crippen molar-refractivity contribution in [3.8, 4) is 0 Å². The Labute approximate surface area is 131 Å². The molecular weight excluding hydrogens is 294 g/mol. The van der Waals surface area contributed by atoms with Crippen LogP contribution in [-0.2, 0) is 9.59 Å². The maximum atomic E-state index is 12.8. The number of piperidine rings is 1. The summed E-state index contributed by atoms with van der Waals surface area (Å²) in [5.74, 6) is -1.03. The van der Waals surface area contributed by atoms with Crippen molar-refractivity contribution >= 4 is 39.9 Å². The molecule has 2 aliphatic heterocycles. The van der Waals surface area contributed by atoms with Crippen molar-refractivity contribution in [2.75, 3.05) is 4.90 Å². The second kappa shape index (κ2) is 4.65. The van der Waals surface area contributed by atoms with Crippen molar-refractivity contribution < 1.29 is 14.4 Å². The number of anilines is 1. The number of imide groups is 1. The zero-order chi connectivity index (χ0) is 16.1. The fourth-order valence-corrected chi connectivity index (χ4v) is 3.33. The van der Waals surface area contributed by atoms with Crippen molar-refractivity contribution in [2.24, 2.45) is 0 Å². The minimum absolute atomic E-state index is 0.208. The molecule has 0 spiro atoms. The van der Waals surface area contributed by atoms with E-state index in [0.29, 0.717) is 34.1 Å². The molecular formula is C17H11N3O3. The highest BCUT2D eigenvalue weighted by Crippen LogP contribution is 2.42. The molecule has 1 atom stereocenters. The molecule has 0 bridgehead atoms. The Morgan fingerprint density at radius 2 is 2.00 bits per heavy atom. The van der Waals surface area contributed by atoms with E-state index in [-0.39, 0.29) is 18.2 Å². The van der Waals surface area contributed by atoms with Crippen LogP contribution in [0.2, 0.25) is 0 Å². The van der Waals surface area contributed by atoms with E-state index >= 15 is 0 Å². The highest BCUT2D eigenvalue weighted by molar-refractivity contribution is 6.28. The molecule has 0 radical (unpaired) electrons. The number of carbonyl (C=O) groups is 3. The van der Waals surface area contributed by atoms with Crippen LogP contribution in [-0.4, -0.2) is 23.8 Å². The maximum absolute atomic E-state index is 12.8. The topological polar surface area (TPSA) is 70.8 Å². The highest BCUT2D eigenvalue weighted by Gasteiger charge is 2.40. The van der Waals surface area contributed by atoms with Gasteiger partial charge in [0.1, 0.15) is 6.04 Å². The van der Waals surface area contributed by atoms with Crippen LogP contribution < -0.4 is 10.2 Å². The molecule has 0 aromatic heterocycles. The first kappa shape index (κ1) is 13.5. The summed E-state index contributed by atoms with van der Waals surface area (Å²) in [6.45, 7) is 7.26. The quantitative estimate of drug-likeness (QED) is 0.648. The normalized spacial score (nSPS) is 19.9. The summed E-state index contributed by atoms with van der Waals surface area (Å²) < 4.78 is 0. The Kier molecular flexibility index (Phi) is 2.72. The van der Waals surface area contributed by atoms with Gasteiger partial charge in [-0.2, -0.15) is 0 Å². The number of carbonyl (C=O) groups excluding carboxylic acids is 3. The lowest BCUT2D eigenvalue weighted by Crippen LogP contribution is -2.53. The molecule has 112 valence electrons. The van der Waals surface area contributed by atoms with E-state index in [9.17, 15) is 14.4 Å². The average molecular weight is 305 g/mol. The van der Waals surface area contributed by atoms with Gasteiger partial charge < -0.3 is 0 Å². The molecule has 6 heteroatoms. The number of hydrogen-bond donors (Lipinski definition) is 1. The van der Waals surface area contributed by atoms with E-state index in [1.165, 1.54) is 4.90 Å². The van der Waals surface area contributed by atoms with Gasteiger partial charge in [0.25, 0.3) is 5.91 Å². The summed E-state index contributed by atoms with van der Waals surface area (Å²) in [6.07, 6.45) is 0.510. The van der Waals surface area contributed by atoms with Crippen LogP contribution in [0, 0.1) is 6.57 Å². The molecule has 1 fully saturated rings. The van der Waals surface area contributed by atoms with Gasteiger partial charge >= 0.3 is 0 Å². The van der Waals surface area contributed by atoms with E-state index in [2.05, 4.69) is 10.2 Å². The number of amides is 3. The van der Waals surface area contributed by atoms with Gasteiger partial charge in [-0.15, -0.1) is 0 Å². The van der Waals surface area contributed by atoms with Crippen LogP contribution in [0.4, 0.5) is 11.4 Å². The fourth-order valence-electron chi connectivity index (χ4n) is 3.33. The SMILES string of the molecule is [C-]#[N+]c1ccc2c3c(cccc13)N(C1CCC(=O)NC1=O)C2=O. The van der Waals surface area contributed by atoms with E-state index < -0.39 is 11.9 Å². The molecule has 2 aromatic carbocycles. The summed E-state index contributed by atoms with van der Waals surface area (Å²) >= 11 is 0. The van der Waals surface area contributed by atoms with Crippen LogP contribution in [0.5, 0.6) is 0 Å². The second-order valence-electron chi connectivity index (χ2n) is 5.59. The Hall–Kier alpha value is -3.20. The molecule has 0 saturated carbocycles. The van der Waals surface area contributed by atoms with Crippen LogP contribution in [0.1, 0.15) is 23.2 Å². The molecule has 1 unspecified atom stereocenters. The van der Waals surface area contributed by atoms with Gasteiger partial charge in [0.05, 0.1) is 12.3 Å². The van der Waals surface area contributed by atoms with Gasteiger partial charge in [-0.25, -0.2) is 4.85 Å². The van der Waals surface area contributed by atoms with Gasteiger partial charge in [0.15, 0.2) is 5.69 Å². The second-order valence-corrected chi connectivity index (χ2v) is 5.59. The molecule has 1 saturated heterocycles. The maximum Gasteiger partial charge on any atom is 0.259 e. The van der Waals surface area contributed by atoms with Gasteiger partial charge in [-0.3, -0.25) is 24.6 Å². The summed E-state index contributed by atoms with van der Waals surface area (Å²) in [6, 6.07) is 7.90. The molecule has 23 heavy (non-hydrogen) atoms. The van der Waals surface area contributed by atoms with Gasteiger partial charge in [-0.05, 0) is 17.9 Å².